The Bertz CT molecular complexity index is 426. The van der Waals surface area contributed by atoms with E-state index in [9.17, 15) is 4.79 Å². The second kappa shape index (κ2) is 5.32. The highest BCUT2D eigenvalue weighted by atomic mass is 16.1. The fourth-order valence-electron chi connectivity index (χ4n) is 2.39. The summed E-state index contributed by atoms with van der Waals surface area (Å²) in [7, 11) is 0. The molecule has 1 amide bonds. The molecule has 92 valence electrons. The minimum atomic E-state index is 0.136. The van der Waals surface area contributed by atoms with Crippen LogP contribution >= 0.6 is 0 Å². The van der Waals surface area contributed by atoms with Crippen LogP contribution in [0.3, 0.4) is 0 Å². The molecular formula is C14H20N2O. The van der Waals surface area contributed by atoms with Crippen LogP contribution in [0.1, 0.15) is 36.0 Å². The van der Waals surface area contributed by atoms with Crippen LogP contribution in [0, 0.1) is 6.92 Å². The zero-order chi connectivity index (χ0) is 12.3. The Balaban J connectivity index is 2.16. The van der Waals surface area contributed by atoms with Gasteiger partial charge in [-0.05, 0) is 55.8 Å². The number of hydrogen-bond donors (Lipinski definition) is 2. The van der Waals surface area contributed by atoms with Crippen molar-refractivity contribution < 1.29 is 4.79 Å². The molecule has 0 bridgehead atoms. The second-order valence-corrected chi connectivity index (χ2v) is 4.74. The molecule has 0 saturated carbocycles. The Morgan fingerprint density at radius 3 is 2.88 bits per heavy atom. The molecule has 1 heterocycles. The van der Waals surface area contributed by atoms with Gasteiger partial charge in [0.25, 0.3) is 0 Å². The summed E-state index contributed by atoms with van der Waals surface area (Å²) in [6, 6.07) is 4.42. The second-order valence-electron chi connectivity index (χ2n) is 4.74. The molecule has 3 N–H and O–H groups in total. The molecule has 1 aromatic carbocycles. The van der Waals surface area contributed by atoms with Gasteiger partial charge in [-0.3, -0.25) is 4.79 Å². The van der Waals surface area contributed by atoms with Crippen molar-refractivity contribution in [3.8, 4) is 0 Å². The number of benzene rings is 1. The number of anilines is 1. The number of nitrogens with one attached hydrogen (secondary N) is 1. The van der Waals surface area contributed by atoms with Crippen LogP contribution in [0.25, 0.3) is 0 Å². The van der Waals surface area contributed by atoms with Gasteiger partial charge < -0.3 is 11.1 Å². The van der Waals surface area contributed by atoms with Gasteiger partial charge in [-0.1, -0.05) is 12.1 Å². The van der Waals surface area contributed by atoms with Gasteiger partial charge in [-0.25, -0.2) is 0 Å². The number of rotatable bonds is 4. The maximum Gasteiger partial charge on any atom is 0.224 e. The highest BCUT2D eigenvalue weighted by molar-refractivity contribution is 5.94. The van der Waals surface area contributed by atoms with Gasteiger partial charge in [0.2, 0.25) is 5.91 Å². The van der Waals surface area contributed by atoms with Gasteiger partial charge in [0.1, 0.15) is 0 Å². The molecule has 17 heavy (non-hydrogen) atoms. The van der Waals surface area contributed by atoms with E-state index in [2.05, 4.69) is 24.4 Å². The fourth-order valence-corrected chi connectivity index (χ4v) is 2.39. The number of amides is 1. The molecule has 2 rings (SSSR count). The summed E-state index contributed by atoms with van der Waals surface area (Å²) in [6.07, 6.45) is 4.78. The van der Waals surface area contributed by atoms with E-state index in [1.54, 1.807) is 0 Å². The summed E-state index contributed by atoms with van der Waals surface area (Å²) >= 11 is 0. The molecular weight excluding hydrogens is 212 g/mol. The standard InChI is InChI=1S/C14H20N2O/c1-10-8-11(4-2-3-7-15)9-12-5-6-13(17)16-14(10)12/h8-9H,2-7,15H2,1H3,(H,16,17). The largest absolute Gasteiger partial charge is 0.330 e. The maximum atomic E-state index is 11.3. The summed E-state index contributed by atoms with van der Waals surface area (Å²) in [6.45, 7) is 2.83. The van der Waals surface area contributed by atoms with Crippen LogP contribution in [0.15, 0.2) is 12.1 Å². The van der Waals surface area contributed by atoms with Crippen LogP contribution in [0.2, 0.25) is 0 Å². The number of nitrogens with two attached hydrogens (primary N) is 1. The molecule has 0 spiro atoms. The number of aryl methyl sites for hydroxylation is 3. The van der Waals surface area contributed by atoms with Gasteiger partial charge in [0, 0.05) is 12.1 Å². The Hall–Kier alpha value is -1.35. The Labute approximate surface area is 102 Å². The van der Waals surface area contributed by atoms with E-state index in [1.165, 1.54) is 16.7 Å². The van der Waals surface area contributed by atoms with Crippen molar-refractivity contribution in [2.75, 3.05) is 11.9 Å². The molecule has 0 aliphatic carbocycles. The first-order valence-corrected chi connectivity index (χ1v) is 6.33. The molecule has 0 atom stereocenters. The molecule has 3 nitrogen and oxygen atoms in total. The molecule has 0 saturated heterocycles. The highest BCUT2D eigenvalue weighted by Crippen LogP contribution is 2.28. The summed E-state index contributed by atoms with van der Waals surface area (Å²) in [5, 5.41) is 2.96. The van der Waals surface area contributed by atoms with Crippen LogP contribution in [0.4, 0.5) is 5.69 Å². The summed E-state index contributed by atoms with van der Waals surface area (Å²) in [5.74, 6) is 0.136. The first-order valence-electron chi connectivity index (χ1n) is 6.33. The topological polar surface area (TPSA) is 55.1 Å². The summed E-state index contributed by atoms with van der Waals surface area (Å²) in [5.41, 5.74) is 10.4. The Morgan fingerprint density at radius 1 is 1.29 bits per heavy atom. The predicted molar refractivity (Wildman–Crippen MR) is 70.1 cm³/mol. The zero-order valence-electron chi connectivity index (χ0n) is 10.4. The van der Waals surface area contributed by atoms with Gasteiger partial charge in [0.15, 0.2) is 0 Å². The molecule has 0 unspecified atom stereocenters. The van der Waals surface area contributed by atoms with E-state index in [0.29, 0.717) is 6.42 Å². The first kappa shape index (κ1) is 12.1. The number of fused-ring (bicyclic) bond motifs is 1. The van der Waals surface area contributed by atoms with Crippen molar-refractivity contribution in [3.05, 3.63) is 28.8 Å². The third-order valence-electron chi connectivity index (χ3n) is 3.28. The number of unbranched alkanes of at least 4 members (excludes halogenated alkanes) is 1. The quantitative estimate of drug-likeness (QED) is 0.782. The molecule has 3 heteroatoms. The normalized spacial score (nSPS) is 14.4. The van der Waals surface area contributed by atoms with Crippen molar-refractivity contribution in [3.63, 3.8) is 0 Å². The number of carbonyl (C=O) groups excluding carboxylic acids is 1. The average molecular weight is 232 g/mol. The molecule has 0 fully saturated rings. The summed E-state index contributed by atoms with van der Waals surface area (Å²) < 4.78 is 0. The SMILES string of the molecule is Cc1cc(CCCCN)cc2c1NC(=O)CC2. The third-order valence-corrected chi connectivity index (χ3v) is 3.28. The van der Waals surface area contributed by atoms with Crippen LogP contribution < -0.4 is 11.1 Å². The summed E-state index contributed by atoms with van der Waals surface area (Å²) in [4.78, 5) is 11.3. The third kappa shape index (κ3) is 2.86. The lowest BCUT2D eigenvalue weighted by Crippen LogP contribution is -2.20. The van der Waals surface area contributed by atoms with E-state index in [4.69, 9.17) is 5.73 Å². The molecule has 1 aromatic rings. The predicted octanol–water partition coefficient (Wildman–Crippen LogP) is 2.16. The molecule has 1 aliphatic heterocycles. The lowest BCUT2D eigenvalue weighted by atomic mass is 9.95. The minimum absolute atomic E-state index is 0.136. The fraction of sp³-hybridized carbons (Fsp3) is 0.500. The van der Waals surface area contributed by atoms with Gasteiger partial charge in [0.05, 0.1) is 0 Å². The smallest absolute Gasteiger partial charge is 0.224 e. The molecule has 0 radical (unpaired) electrons. The monoisotopic (exact) mass is 232 g/mol. The van der Waals surface area contributed by atoms with Crippen LogP contribution in [-0.4, -0.2) is 12.5 Å². The van der Waals surface area contributed by atoms with Gasteiger partial charge >= 0.3 is 0 Å². The van der Waals surface area contributed by atoms with E-state index < -0.39 is 0 Å². The lowest BCUT2D eigenvalue weighted by molar-refractivity contribution is -0.116. The van der Waals surface area contributed by atoms with Crippen molar-refractivity contribution in [2.45, 2.75) is 39.0 Å². The number of carbonyl (C=O) groups is 1. The van der Waals surface area contributed by atoms with Crippen LogP contribution in [0.5, 0.6) is 0 Å². The van der Waals surface area contributed by atoms with Crippen molar-refractivity contribution in [1.82, 2.24) is 0 Å². The van der Waals surface area contributed by atoms with Crippen molar-refractivity contribution in [2.24, 2.45) is 5.73 Å². The molecule has 1 aliphatic rings. The first-order chi connectivity index (χ1) is 8.20. The zero-order valence-corrected chi connectivity index (χ0v) is 10.4. The Kier molecular flexibility index (Phi) is 3.79. The van der Waals surface area contributed by atoms with E-state index in [0.717, 1.165) is 37.9 Å². The van der Waals surface area contributed by atoms with E-state index in [-0.39, 0.29) is 5.91 Å². The highest BCUT2D eigenvalue weighted by Gasteiger charge is 2.16. The average Bonchev–Trinajstić information content (AvgIpc) is 2.31. The minimum Gasteiger partial charge on any atom is -0.330 e. The Morgan fingerprint density at radius 2 is 2.12 bits per heavy atom. The molecule has 0 aromatic heterocycles. The van der Waals surface area contributed by atoms with E-state index in [1.807, 2.05) is 0 Å². The van der Waals surface area contributed by atoms with Crippen molar-refractivity contribution in [1.29, 1.82) is 0 Å². The van der Waals surface area contributed by atoms with Gasteiger partial charge in [-0.2, -0.15) is 0 Å². The maximum absolute atomic E-state index is 11.3. The lowest BCUT2D eigenvalue weighted by Gasteiger charge is -2.20. The number of hydrogen-bond acceptors (Lipinski definition) is 2. The van der Waals surface area contributed by atoms with Crippen LogP contribution in [-0.2, 0) is 17.6 Å². The van der Waals surface area contributed by atoms with E-state index >= 15 is 0 Å². The van der Waals surface area contributed by atoms with Gasteiger partial charge in [-0.15, -0.1) is 0 Å². The van der Waals surface area contributed by atoms with Crippen molar-refractivity contribution >= 4 is 11.6 Å².